The summed E-state index contributed by atoms with van der Waals surface area (Å²) < 4.78 is 10.3. The van der Waals surface area contributed by atoms with E-state index < -0.39 is 41.7 Å². The van der Waals surface area contributed by atoms with E-state index in [1.807, 2.05) is 0 Å². The number of rotatable bonds is 5. The van der Waals surface area contributed by atoms with Crippen molar-refractivity contribution in [2.45, 2.75) is 51.4 Å². The molecule has 1 N–H and O–H groups in total. The lowest BCUT2D eigenvalue weighted by molar-refractivity contribution is -0.166. The number of hydrogen-bond acceptors (Lipinski definition) is 7. The zero-order chi connectivity index (χ0) is 22.5. The highest BCUT2D eigenvalue weighted by Crippen LogP contribution is 2.17. The number of likely N-dealkylation sites (N-methyl/N-ethyl adjacent to an activating group) is 2. The smallest absolute Gasteiger partial charge is 0.412 e. The molecule has 2 amide bonds. The minimum absolute atomic E-state index is 0.287. The Morgan fingerprint density at radius 1 is 1.17 bits per heavy atom. The zero-order valence-electron chi connectivity index (χ0n) is 18.0. The molecule has 1 heterocycles. The van der Waals surface area contributed by atoms with E-state index in [2.05, 4.69) is 5.32 Å². The fourth-order valence-corrected chi connectivity index (χ4v) is 2.98. The second-order valence-electron chi connectivity index (χ2n) is 8.21. The summed E-state index contributed by atoms with van der Waals surface area (Å²) in [6, 6.07) is 7.66. The number of carbonyl (C=O) groups excluding carboxylic acids is 4. The molecule has 1 aromatic carbocycles. The van der Waals surface area contributed by atoms with Crippen LogP contribution in [0.4, 0.5) is 4.79 Å². The van der Waals surface area contributed by atoms with Gasteiger partial charge in [0, 0.05) is 12.6 Å². The summed E-state index contributed by atoms with van der Waals surface area (Å²) in [5, 5.41) is 2.45. The number of benzene rings is 1. The third kappa shape index (κ3) is 6.28. The first-order valence-electron chi connectivity index (χ1n) is 9.77. The molecule has 0 spiro atoms. The van der Waals surface area contributed by atoms with Crippen molar-refractivity contribution < 1.29 is 28.7 Å². The third-order valence-corrected chi connectivity index (χ3v) is 4.59. The van der Waals surface area contributed by atoms with Gasteiger partial charge in [-0.1, -0.05) is 18.2 Å². The van der Waals surface area contributed by atoms with Crippen molar-refractivity contribution >= 4 is 23.9 Å². The van der Waals surface area contributed by atoms with Gasteiger partial charge in [0.2, 0.25) is 6.17 Å². The van der Waals surface area contributed by atoms with Gasteiger partial charge in [-0.2, -0.15) is 0 Å². The number of nitrogens with one attached hydrogen (secondary N) is 1. The molecule has 2 unspecified atom stereocenters. The molecule has 0 aliphatic carbocycles. The maximum absolute atomic E-state index is 12.8. The lowest BCUT2D eigenvalue weighted by atomic mass is 10.2. The Morgan fingerprint density at radius 2 is 1.80 bits per heavy atom. The van der Waals surface area contributed by atoms with Crippen LogP contribution in [0.25, 0.3) is 0 Å². The first kappa shape index (κ1) is 23.3. The molecule has 0 bridgehead atoms. The van der Waals surface area contributed by atoms with E-state index in [1.54, 1.807) is 63.1 Å². The van der Waals surface area contributed by atoms with Crippen LogP contribution in [0.3, 0.4) is 0 Å². The van der Waals surface area contributed by atoms with Gasteiger partial charge in [-0.05, 0) is 59.3 Å². The Morgan fingerprint density at radius 3 is 2.33 bits per heavy atom. The molecule has 1 aromatic rings. The van der Waals surface area contributed by atoms with Crippen LogP contribution >= 0.6 is 0 Å². The number of ether oxygens (including phenoxy) is 2. The molecule has 30 heavy (non-hydrogen) atoms. The minimum Gasteiger partial charge on any atom is -0.444 e. The van der Waals surface area contributed by atoms with E-state index in [4.69, 9.17) is 9.47 Å². The Labute approximate surface area is 176 Å². The molecule has 164 valence electrons. The van der Waals surface area contributed by atoms with Gasteiger partial charge < -0.3 is 14.8 Å². The quantitative estimate of drug-likeness (QED) is 0.440. The molecule has 9 heteroatoms. The molecule has 0 saturated carbocycles. The molecule has 0 radical (unpaired) electrons. The van der Waals surface area contributed by atoms with Crippen LogP contribution < -0.4 is 5.32 Å². The molecule has 2 rings (SSSR count). The van der Waals surface area contributed by atoms with Crippen LogP contribution in [-0.4, -0.2) is 72.2 Å². The standard InChI is InChI=1S/C21H29N3O6/c1-21(2,3)30-20(28)24(5)16(22-17(25)14-10-7-6-8-11-14)19(27)29-18(26)15-12-9-13-23(15)4/h6-8,10-11,15-16H,9,12-13H2,1-5H3,(H,22,25). The van der Waals surface area contributed by atoms with Crippen LogP contribution in [0.2, 0.25) is 0 Å². The average molecular weight is 419 g/mol. The van der Waals surface area contributed by atoms with E-state index in [-0.39, 0.29) is 5.56 Å². The predicted molar refractivity (Wildman–Crippen MR) is 108 cm³/mol. The number of hydrogen-bond donors (Lipinski definition) is 1. The first-order chi connectivity index (χ1) is 14.0. The lowest BCUT2D eigenvalue weighted by Crippen LogP contribution is -2.56. The Kier molecular flexibility index (Phi) is 7.55. The summed E-state index contributed by atoms with van der Waals surface area (Å²) in [5.74, 6) is -2.37. The van der Waals surface area contributed by atoms with E-state index >= 15 is 0 Å². The molecule has 1 aliphatic rings. The van der Waals surface area contributed by atoms with Crippen LogP contribution in [0, 0.1) is 0 Å². The SMILES string of the molecule is CN1CCCC1C(=O)OC(=O)C(NC(=O)c1ccccc1)N(C)C(=O)OC(C)(C)C. The highest BCUT2D eigenvalue weighted by Gasteiger charge is 2.37. The fraction of sp³-hybridized carbons (Fsp3) is 0.524. The van der Waals surface area contributed by atoms with Crippen LogP contribution in [0.1, 0.15) is 44.0 Å². The van der Waals surface area contributed by atoms with E-state index in [0.29, 0.717) is 6.42 Å². The number of nitrogens with zero attached hydrogens (tertiary/aromatic N) is 2. The van der Waals surface area contributed by atoms with E-state index in [1.165, 1.54) is 7.05 Å². The van der Waals surface area contributed by atoms with Crippen molar-refractivity contribution in [1.29, 1.82) is 0 Å². The number of esters is 2. The molecule has 9 nitrogen and oxygen atoms in total. The highest BCUT2D eigenvalue weighted by molar-refractivity contribution is 5.99. The van der Waals surface area contributed by atoms with Gasteiger partial charge in [-0.15, -0.1) is 0 Å². The van der Waals surface area contributed by atoms with Crippen molar-refractivity contribution in [2.24, 2.45) is 0 Å². The second kappa shape index (κ2) is 9.71. The van der Waals surface area contributed by atoms with Gasteiger partial charge in [0.05, 0.1) is 0 Å². The van der Waals surface area contributed by atoms with Gasteiger partial charge in [0.1, 0.15) is 11.6 Å². The first-order valence-corrected chi connectivity index (χ1v) is 9.77. The number of likely N-dealkylation sites (tertiary alicyclic amines) is 1. The highest BCUT2D eigenvalue weighted by atomic mass is 16.6. The van der Waals surface area contributed by atoms with Crippen molar-refractivity contribution in [3.63, 3.8) is 0 Å². The third-order valence-electron chi connectivity index (χ3n) is 4.59. The van der Waals surface area contributed by atoms with Crippen molar-refractivity contribution in [2.75, 3.05) is 20.6 Å². The van der Waals surface area contributed by atoms with Crippen molar-refractivity contribution in [1.82, 2.24) is 15.1 Å². The summed E-state index contributed by atoms with van der Waals surface area (Å²) in [6.07, 6.45) is -0.992. The largest absolute Gasteiger partial charge is 0.444 e. The summed E-state index contributed by atoms with van der Waals surface area (Å²) in [4.78, 5) is 52.9. The Hall–Kier alpha value is -2.94. The van der Waals surface area contributed by atoms with Crippen LogP contribution in [0.5, 0.6) is 0 Å². The maximum Gasteiger partial charge on any atom is 0.412 e. The van der Waals surface area contributed by atoms with Gasteiger partial charge in [0.15, 0.2) is 0 Å². The molecule has 2 atom stereocenters. The number of amides is 2. The Bertz CT molecular complexity index is 790. The zero-order valence-corrected chi connectivity index (χ0v) is 18.0. The summed E-state index contributed by atoms with van der Waals surface area (Å²) in [6.45, 7) is 5.75. The van der Waals surface area contributed by atoms with E-state index in [9.17, 15) is 19.2 Å². The monoisotopic (exact) mass is 419 g/mol. The molecule has 1 fully saturated rings. The van der Waals surface area contributed by atoms with Gasteiger partial charge in [0.25, 0.3) is 5.91 Å². The predicted octanol–water partition coefficient (Wildman–Crippen LogP) is 1.77. The van der Waals surface area contributed by atoms with Crippen molar-refractivity contribution in [3.8, 4) is 0 Å². The van der Waals surface area contributed by atoms with Gasteiger partial charge in [-0.3, -0.25) is 14.6 Å². The minimum atomic E-state index is -1.54. The van der Waals surface area contributed by atoms with Crippen molar-refractivity contribution in [3.05, 3.63) is 35.9 Å². The maximum atomic E-state index is 12.8. The summed E-state index contributed by atoms with van der Waals surface area (Å²) in [5.41, 5.74) is -0.527. The average Bonchev–Trinajstić information content (AvgIpc) is 3.10. The normalized spacial score (nSPS) is 17.7. The molecule has 1 saturated heterocycles. The topological polar surface area (TPSA) is 105 Å². The second-order valence-corrected chi connectivity index (χ2v) is 8.21. The van der Waals surface area contributed by atoms with Gasteiger partial charge in [-0.25, -0.2) is 14.4 Å². The summed E-state index contributed by atoms with van der Waals surface area (Å²) in [7, 11) is 3.06. The van der Waals surface area contributed by atoms with E-state index in [0.717, 1.165) is 17.9 Å². The van der Waals surface area contributed by atoms with Crippen LogP contribution in [0.15, 0.2) is 30.3 Å². The summed E-state index contributed by atoms with van der Waals surface area (Å²) >= 11 is 0. The van der Waals surface area contributed by atoms with Crippen LogP contribution in [-0.2, 0) is 19.1 Å². The van der Waals surface area contributed by atoms with Gasteiger partial charge >= 0.3 is 18.0 Å². The fourth-order valence-electron chi connectivity index (χ4n) is 2.98. The molecular weight excluding hydrogens is 390 g/mol. The Balaban J connectivity index is 2.18. The molecular formula is C21H29N3O6. The lowest BCUT2D eigenvalue weighted by Gasteiger charge is -2.30. The molecule has 1 aliphatic heterocycles. The number of carbonyl (C=O) groups is 4. The molecule has 0 aromatic heterocycles.